The van der Waals surface area contributed by atoms with E-state index in [-0.39, 0.29) is 54.7 Å². The Morgan fingerprint density at radius 3 is 2.52 bits per heavy atom. The number of likely N-dealkylation sites (tertiary alicyclic amines) is 1. The zero-order valence-corrected chi connectivity index (χ0v) is 29.9. The Hall–Kier alpha value is -3.14. The molecule has 3 saturated carbocycles. The third-order valence-electron chi connectivity index (χ3n) is 10.6. The number of nitrogens with zero attached hydrogens (tertiary/aromatic N) is 3. The first kappa shape index (κ1) is 37.7. The monoisotopic (exact) mass is 677 g/mol. The Labute approximate surface area is 284 Å². The van der Waals surface area contributed by atoms with E-state index in [4.69, 9.17) is 19.8 Å². The molecule has 16 heteroatoms. The second kappa shape index (κ2) is 14.8. The summed E-state index contributed by atoms with van der Waals surface area (Å²) in [6.07, 6.45) is 3.83. The topological polar surface area (TPSA) is 200 Å². The summed E-state index contributed by atoms with van der Waals surface area (Å²) >= 11 is 0. The minimum absolute atomic E-state index is 0.0448. The number of piperidine rings is 1. The van der Waals surface area contributed by atoms with Crippen molar-refractivity contribution < 1.29 is 33.5 Å². The van der Waals surface area contributed by atoms with Crippen molar-refractivity contribution in [2.45, 2.75) is 130 Å². The molecule has 5 aliphatic rings. The van der Waals surface area contributed by atoms with Crippen molar-refractivity contribution >= 4 is 31.0 Å². The smallest absolute Gasteiger partial charge is 0.444 e. The molecule has 0 aromatic rings. The second-order valence-corrected chi connectivity index (χ2v) is 16.2. The Bertz CT molecular complexity index is 1240. The predicted octanol–water partition coefficient (Wildman–Crippen LogP) is 2.79. The summed E-state index contributed by atoms with van der Waals surface area (Å²) in [5, 5.41) is 15.9. The molecule has 0 aromatic heterocycles. The number of rotatable bonds is 12. The number of carbonyl (C=O) groups excluding carboxylic acids is 3. The van der Waals surface area contributed by atoms with Gasteiger partial charge in [-0.25, -0.2) is 19.9 Å². The maximum Gasteiger partial charge on any atom is 0.481 e. The molecule has 3 amide bonds. The average Bonchev–Trinajstić information content (AvgIpc) is 3.34. The van der Waals surface area contributed by atoms with Crippen molar-refractivity contribution in [2.24, 2.45) is 39.8 Å². The van der Waals surface area contributed by atoms with Gasteiger partial charge < -0.3 is 35.3 Å². The Morgan fingerprint density at radius 2 is 1.90 bits per heavy atom. The van der Waals surface area contributed by atoms with Gasteiger partial charge in [-0.2, -0.15) is 0 Å². The van der Waals surface area contributed by atoms with Crippen LogP contribution in [0.4, 0.5) is 4.79 Å². The highest BCUT2D eigenvalue weighted by atomic mass is 16.7. The van der Waals surface area contributed by atoms with E-state index in [1.165, 1.54) is 4.90 Å². The van der Waals surface area contributed by atoms with Crippen LogP contribution >= 0.6 is 0 Å². The van der Waals surface area contributed by atoms with E-state index in [9.17, 15) is 24.5 Å². The van der Waals surface area contributed by atoms with Gasteiger partial charge in [0.05, 0.1) is 23.6 Å². The Balaban J connectivity index is 1.46. The number of hydrogen-bond donors (Lipinski definition) is 4. The largest absolute Gasteiger partial charge is 0.481 e. The van der Waals surface area contributed by atoms with Crippen LogP contribution in [0.1, 0.15) is 100 Å². The van der Waals surface area contributed by atoms with Crippen LogP contribution in [-0.4, -0.2) is 89.8 Å². The molecule has 0 spiro atoms. The maximum atomic E-state index is 14.0. The molecule has 2 heterocycles. The first-order valence-electron chi connectivity index (χ1n) is 17.4. The summed E-state index contributed by atoms with van der Waals surface area (Å²) in [6, 6.07) is -0.935. The number of hydrazine groups is 1. The van der Waals surface area contributed by atoms with E-state index in [0.29, 0.717) is 44.1 Å². The lowest BCUT2D eigenvalue weighted by molar-refractivity contribution is -0.525. The van der Waals surface area contributed by atoms with Gasteiger partial charge in [-0.05, 0) is 95.8 Å². The van der Waals surface area contributed by atoms with E-state index in [1.807, 2.05) is 0 Å². The number of hydrogen-bond acceptors (Lipinski definition) is 9. The van der Waals surface area contributed by atoms with Crippen molar-refractivity contribution in [3.05, 3.63) is 10.1 Å². The summed E-state index contributed by atoms with van der Waals surface area (Å²) in [7, 11) is -0.629. The lowest BCUT2D eigenvalue weighted by atomic mass is 9.43. The van der Waals surface area contributed by atoms with Crippen LogP contribution in [0.5, 0.6) is 0 Å². The minimum Gasteiger partial charge on any atom is -0.444 e. The molecule has 0 radical (unpaired) electrons. The Kier molecular flexibility index (Phi) is 11.6. The zero-order valence-electron chi connectivity index (χ0n) is 29.9. The van der Waals surface area contributed by atoms with E-state index in [1.54, 1.807) is 26.2 Å². The minimum atomic E-state index is -0.935. The van der Waals surface area contributed by atoms with Crippen LogP contribution in [-0.2, 0) is 23.6 Å². The molecule has 3 aliphatic carbocycles. The highest BCUT2D eigenvalue weighted by molar-refractivity contribution is 6.48. The van der Waals surface area contributed by atoms with Crippen LogP contribution < -0.4 is 21.8 Å². The third kappa shape index (κ3) is 8.90. The first-order valence-corrected chi connectivity index (χ1v) is 17.4. The number of nitrogens with one attached hydrogen (secondary N) is 3. The quantitative estimate of drug-likeness (QED) is 0.0595. The molecule has 1 unspecified atom stereocenters. The van der Waals surface area contributed by atoms with Gasteiger partial charge in [0.15, 0.2) is 5.03 Å². The molecule has 5 rings (SSSR count). The summed E-state index contributed by atoms with van der Waals surface area (Å²) in [5.41, 5.74) is 6.43. The lowest BCUT2D eigenvalue weighted by Gasteiger charge is -2.64. The van der Waals surface area contributed by atoms with Gasteiger partial charge in [0.1, 0.15) is 11.6 Å². The van der Waals surface area contributed by atoms with E-state index >= 15 is 0 Å². The molecule has 7 atom stereocenters. The lowest BCUT2D eigenvalue weighted by Crippen LogP contribution is -2.65. The van der Waals surface area contributed by atoms with Gasteiger partial charge in [0.25, 0.3) is 5.96 Å². The van der Waals surface area contributed by atoms with Crippen LogP contribution in [0.2, 0.25) is 0 Å². The zero-order chi connectivity index (χ0) is 35.6. The highest BCUT2D eigenvalue weighted by Crippen LogP contribution is 2.65. The van der Waals surface area contributed by atoms with Crippen molar-refractivity contribution in [1.82, 2.24) is 21.0 Å². The fourth-order valence-corrected chi connectivity index (χ4v) is 7.97. The molecular formula is C32H56BN7O8. The Morgan fingerprint density at radius 1 is 1.19 bits per heavy atom. The maximum absolute atomic E-state index is 14.0. The number of ether oxygens (including phenoxy) is 1. The molecule has 270 valence electrons. The van der Waals surface area contributed by atoms with Gasteiger partial charge >= 0.3 is 13.2 Å². The van der Waals surface area contributed by atoms with Crippen LogP contribution in [0, 0.1) is 39.2 Å². The van der Waals surface area contributed by atoms with Gasteiger partial charge in [-0.15, -0.1) is 0 Å². The third-order valence-corrected chi connectivity index (χ3v) is 10.6. The normalized spacial score (nSPS) is 29.3. The summed E-state index contributed by atoms with van der Waals surface area (Å²) < 4.78 is 18.8. The second-order valence-electron chi connectivity index (χ2n) is 16.2. The van der Waals surface area contributed by atoms with Crippen molar-refractivity contribution in [3.63, 3.8) is 0 Å². The van der Waals surface area contributed by atoms with Crippen molar-refractivity contribution in [2.75, 3.05) is 19.6 Å². The fourth-order valence-electron chi connectivity index (χ4n) is 7.97. The summed E-state index contributed by atoms with van der Waals surface area (Å²) in [6.45, 7) is 17.0. The molecule has 15 nitrogen and oxygen atoms in total. The van der Waals surface area contributed by atoms with Crippen LogP contribution in [0.3, 0.4) is 0 Å². The number of amides is 3. The number of guanidine groups is 1. The molecule has 48 heavy (non-hydrogen) atoms. The van der Waals surface area contributed by atoms with Crippen LogP contribution in [0.15, 0.2) is 4.99 Å². The van der Waals surface area contributed by atoms with Crippen molar-refractivity contribution in [1.29, 1.82) is 0 Å². The SMILES string of the molecule is CC(C)C[C@H](NC(=O)[C@H](CCCN=C(N)N[N+](=O)[O-])NC(=O)C1CCCN(C(=O)OC(C)(C)C)C1)B1O[C@@H]2C[C@H]3C[C@H](C3(C)C)[C@]2(C)O1. The van der Waals surface area contributed by atoms with Crippen molar-refractivity contribution in [3.8, 4) is 0 Å². The highest BCUT2D eigenvalue weighted by Gasteiger charge is 2.68. The van der Waals surface area contributed by atoms with Gasteiger partial charge in [0.2, 0.25) is 11.8 Å². The molecule has 2 bridgehead atoms. The molecule has 5 fully saturated rings. The number of nitro groups is 1. The number of aliphatic imine (C=N–C) groups is 1. The molecule has 5 N–H and O–H groups in total. The fraction of sp³-hybridized carbons (Fsp3) is 0.875. The average molecular weight is 678 g/mol. The molecule has 2 saturated heterocycles. The van der Waals surface area contributed by atoms with Crippen LogP contribution in [0.25, 0.3) is 0 Å². The molecule has 2 aliphatic heterocycles. The van der Waals surface area contributed by atoms with Gasteiger partial charge in [-0.1, -0.05) is 33.1 Å². The number of carbonyl (C=O) groups is 3. The predicted molar refractivity (Wildman–Crippen MR) is 180 cm³/mol. The van der Waals surface area contributed by atoms with E-state index < -0.39 is 47.3 Å². The van der Waals surface area contributed by atoms with Gasteiger partial charge in [0, 0.05) is 19.6 Å². The standard InChI is InChI=1S/C32H56BN7O8/c1-19(2)15-25(33-47-24-17-21-16-23(31(21,6)7)32(24,8)48-33)37-27(42)22(12-9-13-35-28(34)38-40(44)45)36-26(41)20-11-10-14-39(18-20)29(43)46-30(3,4)5/h19-25H,9-18H2,1-8H3,(H,36,41)(H,37,42)(H3,34,35,38)/t20?,21-,22+,23-,24-,25+,32+/m1/s1. The molecule has 0 aromatic carbocycles. The summed E-state index contributed by atoms with van der Waals surface area (Å²) in [5.74, 6) is -0.859. The van der Waals surface area contributed by atoms with E-state index in [2.05, 4.69) is 50.2 Å². The first-order chi connectivity index (χ1) is 22.3. The summed E-state index contributed by atoms with van der Waals surface area (Å²) in [4.78, 5) is 56.5. The molecular weight excluding hydrogens is 621 g/mol. The van der Waals surface area contributed by atoms with E-state index in [0.717, 1.165) is 12.8 Å². The van der Waals surface area contributed by atoms with Gasteiger partial charge in [-0.3, -0.25) is 9.59 Å². The number of nitrogens with two attached hydrogens (primary N) is 1.